The number of rotatable bonds is 6. The van der Waals surface area contributed by atoms with Gasteiger partial charge in [0.1, 0.15) is 12.2 Å². The number of nitrogens with zero attached hydrogens (tertiary/aromatic N) is 2. The number of aliphatic hydroxyl groups is 1. The number of carbonyl (C=O) groups excluding carboxylic acids is 1. The zero-order valence-electron chi connectivity index (χ0n) is 16.4. The van der Waals surface area contributed by atoms with E-state index in [-0.39, 0.29) is 49.1 Å². The number of halogens is 1. The fraction of sp³-hybridized carbons (Fsp3) is 0.684. The molecule has 0 radical (unpaired) electrons. The summed E-state index contributed by atoms with van der Waals surface area (Å²) in [7, 11) is -3.03. The summed E-state index contributed by atoms with van der Waals surface area (Å²) in [5.74, 6) is -0.0945. The van der Waals surface area contributed by atoms with Gasteiger partial charge in [-0.1, -0.05) is 11.6 Å². The number of aromatic nitrogens is 1. The molecule has 1 aromatic rings. The highest BCUT2D eigenvalue weighted by molar-refractivity contribution is 7.91. The van der Waals surface area contributed by atoms with Crippen LogP contribution in [0.3, 0.4) is 0 Å². The summed E-state index contributed by atoms with van der Waals surface area (Å²) >= 11 is 6.11. The Kier molecular flexibility index (Phi) is 6.61. The number of hydrogen-bond acceptors (Lipinski definition) is 8. The van der Waals surface area contributed by atoms with Crippen LogP contribution in [0.5, 0.6) is 0 Å². The first-order valence-electron chi connectivity index (χ1n) is 10.1. The molecule has 1 amide bonds. The molecule has 1 aromatic heterocycles. The largest absolute Gasteiger partial charge is 0.388 e. The summed E-state index contributed by atoms with van der Waals surface area (Å²) < 4.78 is 34.9. The van der Waals surface area contributed by atoms with Crippen LogP contribution < -0.4 is 5.32 Å². The molecule has 0 spiro atoms. The van der Waals surface area contributed by atoms with Crippen molar-refractivity contribution in [2.45, 2.75) is 49.9 Å². The van der Waals surface area contributed by atoms with E-state index in [1.807, 2.05) is 0 Å². The van der Waals surface area contributed by atoms with E-state index in [9.17, 15) is 18.3 Å². The van der Waals surface area contributed by atoms with Crippen molar-refractivity contribution in [2.24, 2.45) is 0 Å². The van der Waals surface area contributed by atoms with Crippen molar-refractivity contribution >= 4 is 27.3 Å². The summed E-state index contributed by atoms with van der Waals surface area (Å²) in [5, 5.41) is 14.4. The summed E-state index contributed by atoms with van der Waals surface area (Å²) in [6.07, 6.45) is 1.79. The molecule has 0 bridgehead atoms. The third kappa shape index (κ3) is 4.95. The topological polar surface area (TPSA) is 118 Å². The van der Waals surface area contributed by atoms with Gasteiger partial charge in [0, 0.05) is 55.6 Å². The maximum absolute atomic E-state index is 12.5. The Hall–Kier alpha value is -1.30. The molecule has 5 unspecified atom stereocenters. The molecule has 2 N–H and O–H groups in total. The molecule has 0 aliphatic carbocycles. The summed E-state index contributed by atoms with van der Waals surface area (Å²) in [6.45, 7) is 1.41. The standard InChI is InChI=1S/C19H26ClN3O6S/c20-14-1-2-21-9-12(14)10-22-11-16-18(25)19-15(29-16)7-13(28-19)8-17(24)23-3-5-30(26,27)6-4-23/h1-2,9,13,15-16,18-19,22,25H,3-8,10-11H2. The van der Waals surface area contributed by atoms with E-state index in [4.69, 9.17) is 21.1 Å². The first kappa shape index (κ1) is 21.9. The lowest BCUT2D eigenvalue weighted by atomic mass is 10.1. The van der Waals surface area contributed by atoms with Crippen molar-refractivity contribution < 1.29 is 27.8 Å². The smallest absolute Gasteiger partial charge is 0.225 e. The van der Waals surface area contributed by atoms with Crippen molar-refractivity contribution in [1.29, 1.82) is 0 Å². The molecule has 3 aliphatic rings. The second kappa shape index (κ2) is 9.05. The summed E-state index contributed by atoms with van der Waals surface area (Å²) in [4.78, 5) is 18.1. The van der Waals surface area contributed by atoms with E-state index in [2.05, 4.69) is 10.3 Å². The molecule has 3 aliphatic heterocycles. The fourth-order valence-corrected chi connectivity index (χ4v) is 5.56. The van der Waals surface area contributed by atoms with Crippen LogP contribution in [0, 0.1) is 0 Å². The third-order valence-corrected chi connectivity index (χ3v) is 7.86. The summed E-state index contributed by atoms with van der Waals surface area (Å²) in [5.41, 5.74) is 0.868. The van der Waals surface area contributed by atoms with E-state index < -0.39 is 28.1 Å². The van der Waals surface area contributed by atoms with Gasteiger partial charge in [0.05, 0.1) is 36.2 Å². The maximum Gasteiger partial charge on any atom is 0.225 e. The number of carbonyl (C=O) groups is 1. The summed E-state index contributed by atoms with van der Waals surface area (Å²) in [6, 6.07) is 1.72. The van der Waals surface area contributed by atoms with Crippen LogP contribution in [0.4, 0.5) is 0 Å². The van der Waals surface area contributed by atoms with Gasteiger partial charge in [0.2, 0.25) is 5.91 Å². The van der Waals surface area contributed by atoms with Crippen LogP contribution in [0.2, 0.25) is 5.02 Å². The zero-order valence-corrected chi connectivity index (χ0v) is 18.0. The number of amides is 1. The van der Waals surface area contributed by atoms with E-state index in [0.29, 0.717) is 24.5 Å². The van der Waals surface area contributed by atoms with Crippen LogP contribution in [0.25, 0.3) is 0 Å². The molecule has 166 valence electrons. The number of pyridine rings is 1. The Labute approximate surface area is 180 Å². The minimum Gasteiger partial charge on any atom is -0.388 e. The monoisotopic (exact) mass is 459 g/mol. The molecular formula is C19H26ClN3O6S. The van der Waals surface area contributed by atoms with Crippen LogP contribution in [0.1, 0.15) is 18.4 Å². The van der Waals surface area contributed by atoms with Crippen molar-refractivity contribution in [3.63, 3.8) is 0 Å². The third-order valence-electron chi connectivity index (χ3n) is 5.88. The Morgan fingerprint density at radius 3 is 2.80 bits per heavy atom. The predicted molar refractivity (Wildman–Crippen MR) is 109 cm³/mol. The maximum atomic E-state index is 12.5. The Bertz CT molecular complexity index is 871. The van der Waals surface area contributed by atoms with Crippen molar-refractivity contribution in [2.75, 3.05) is 31.1 Å². The SMILES string of the molecule is O=C(CC1CC2OC(CNCc3cnccc3Cl)C(O)C2O1)N1CCS(=O)(=O)CC1. The van der Waals surface area contributed by atoms with Gasteiger partial charge in [-0.3, -0.25) is 9.78 Å². The van der Waals surface area contributed by atoms with Crippen molar-refractivity contribution in [3.8, 4) is 0 Å². The van der Waals surface area contributed by atoms with Gasteiger partial charge in [0.25, 0.3) is 0 Å². The van der Waals surface area contributed by atoms with Crippen molar-refractivity contribution in [3.05, 3.63) is 29.0 Å². The highest BCUT2D eigenvalue weighted by Gasteiger charge is 2.50. The molecule has 3 fully saturated rings. The first-order valence-corrected chi connectivity index (χ1v) is 12.3. The molecule has 4 heterocycles. The molecule has 11 heteroatoms. The Morgan fingerprint density at radius 2 is 2.10 bits per heavy atom. The molecule has 5 atom stereocenters. The van der Waals surface area contributed by atoms with Gasteiger partial charge >= 0.3 is 0 Å². The average Bonchev–Trinajstić information content (AvgIpc) is 3.22. The first-order chi connectivity index (χ1) is 14.3. The molecule has 9 nitrogen and oxygen atoms in total. The Balaban J connectivity index is 1.22. The number of nitrogens with one attached hydrogen (secondary N) is 1. The highest BCUT2D eigenvalue weighted by atomic mass is 35.5. The Morgan fingerprint density at radius 1 is 1.33 bits per heavy atom. The minimum absolute atomic E-state index is 0.0102. The van der Waals surface area contributed by atoms with E-state index in [1.54, 1.807) is 23.4 Å². The van der Waals surface area contributed by atoms with Gasteiger partial charge in [-0.05, 0) is 6.07 Å². The lowest BCUT2D eigenvalue weighted by Gasteiger charge is -2.28. The second-order valence-corrected chi connectivity index (χ2v) is 10.7. The molecule has 0 saturated carbocycles. The van der Waals surface area contributed by atoms with Gasteiger partial charge in [-0.2, -0.15) is 0 Å². The van der Waals surface area contributed by atoms with Crippen LogP contribution >= 0.6 is 11.6 Å². The van der Waals surface area contributed by atoms with E-state index in [1.165, 1.54) is 0 Å². The molecule has 4 rings (SSSR count). The fourth-order valence-electron chi connectivity index (χ4n) is 4.18. The quantitative estimate of drug-likeness (QED) is 0.598. The number of ether oxygens (including phenoxy) is 2. The van der Waals surface area contributed by atoms with Gasteiger partial charge < -0.3 is 24.8 Å². The van der Waals surface area contributed by atoms with Gasteiger partial charge in [-0.25, -0.2) is 8.42 Å². The highest BCUT2D eigenvalue weighted by Crippen LogP contribution is 2.35. The normalized spacial score (nSPS) is 32.9. The van der Waals surface area contributed by atoms with Crippen LogP contribution in [-0.2, 0) is 30.7 Å². The predicted octanol–water partition coefficient (Wildman–Crippen LogP) is -0.242. The molecule has 0 aromatic carbocycles. The van der Waals surface area contributed by atoms with Crippen LogP contribution in [-0.4, -0.2) is 91.0 Å². The lowest BCUT2D eigenvalue weighted by Crippen LogP contribution is -2.44. The number of aliphatic hydroxyl groups excluding tert-OH is 1. The van der Waals surface area contributed by atoms with Crippen LogP contribution in [0.15, 0.2) is 18.5 Å². The van der Waals surface area contributed by atoms with E-state index >= 15 is 0 Å². The molecule has 3 saturated heterocycles. The number of sulfone groups is 1. The molecular weight excluding hydrogens is 434 g/mol. The van der Waals surface area contributed by atoms with Crippen molar-refractivity contribution in [1.82, 2.24) is 15.2 Å². The van der Waals surface area contributed by atoms with E-state index in [0.717, 1.165) is 5.56 Å². The molecule has 30 heavy (non-hydrogen) atoms. The van der Waals surface area contributed by atoms with Gasteiger partial charge in [0.15, 0.2) is 9.84 Å². The minimum atomic E-state index is -3.03. The van der Waals surface area contributed by atoms with Gasteiger partial charge in [-0.15, -0.1) is 0 Å². The zero-order chi connectivity index (χ0) is 21.3. The number of fused-ring (bicyclic) bond motifs is 1. The lowest BCUT2D eigenvalue weighted by molar-refractivity contribution is -0.134. The average molecular weight is 460 g/mol. The number of hydrogen-bond donors (Lipinski definition) is 2. The second-order valence-electron chi connectivity index (χ2n) is 8.00.